The van der Waals surface area contributed by atoms with Crippen LogP contribution in [0.1, 0.15) is 52.8 Å². The largest absolute Gasteiger partial charge is 0.381 e. The SMILES string of the molecule is O=C1NC(O)CCC1N1C(=O)c2cccc(NCC3=CC=C(CN4CC(N5CCCC5)C4)CC3F)c2C1=O. The average Bonchev–Trinajstić information content (AvgIpc) is 3.48. The molecule has 202 valence electrons. The molecular formula is C28H34FN5O4. The summed E-state index contributed by atoms with van der Waals surface area (Å²) in [6.07, 6.45) is 5.16. The number of carbonyl (C=O) groups is 3. The van der Waals surface area contributed by atoms with E-state index in [1.165, 1.54) is 25.9 Å². The highest BCUT2D eigenvalue weighted by Gasteiger charge is 2.45. The van der Waals surface area contributed by atoms with Gasteiger partial charge in [-0.25, -0.2) is 4.39 Å². The molecular weight excluding hydrogens is 489 g/mol. The van der Waals surface area contributed by atoms with Crippen molar-refractivity contribution in [2.24, 2.45) is 0 Å². The van der Waals surface area contributed by atoms with Crippen LogP contribution in [0.5, 0.6) is 0 Å². The molecule has 3 N–H and O–H groups in total. The Morgan fingerprint density at radius 2 is 1.84 bits per heavy atom. The number of benzene rings is 1. The van der Waals surface area contributed by atoms with Gasteiger partial charge in [-0.05, 0) is 56.5 Å². The molecule has 0 saturated carbocycles. The molecule has 1 aromatic carbocycles. The number of aliphatic hydroxyl groups is 1. The van der Waals surface area contributed by atoms with Crippen LogP contribution in [0.25, 0.3) is 0 Å². The van der Waals surface area contributed by atoms with Crippen molar-refractivity contribution in [1.82, 2.24) is 20.0 Å². The number of alkyl halides is 1. The number of nitrogens with one attached hydrogen (secondary N) is 2. The molecule has 6 rings (SSSR count). The fourth-order valence-electron chi connectivity index (χ4n) is 6.30. The molecule has 3 unspecified atom stereocenters. The number of allylic oxidation sites excluding steroid dienone is 2. The van der Waals surface area contributed by atoms with Gasteiger partial charge >= 0.3 is 0 Å². The van der Waals surface area contributed by atoms with E-state index in [-0.39, 0.29) is 30.5 Å². The third-order valence-corrected chi connectivity index (χ3v) is 8.46. The quantitative estimate of drug-likeness (QED) is 0.467. The van der Waals surface area contributed by atoms with Crippen molar-refractivity contribution < 1.29 is 23.9 Å². The highest BCUT2D eigenvalue weighted by Crippen LogP contribution is 2.33. The molecule has 1 aliphatic carbocycles. The summed E-state index contributed by atoms with van der Waals surface area (Å²) < 4.78 is 15.1. The number of imide groups is 1. The summed E-state index contributed by atoms with van der Waals surface area (Å²) in [5.41, 5.74) is 2.55. The zero-order chi connectivity index (χ0) is 26.4. The molecule has 3 fully saturated rings. The van der Waals surface area contributed by atoms with Crippen molar-refractivity contribution in [3.63, 3.8) is 0 Å². The van der Waals surface area contributed by atoms with E-state index in [2.05, 4.69) is 20.4 Å². The van der Waals surface area contributed by atoms with Gasteiger partial charge < -0.3 is 15.7 Å². The van der Waals surface area contributed by atoms with E-state index < -0.39 is 36.2 Å². The maximum atomic E-state index is 15.1. The zero-order valence-corrected chi connectivity index (χ0v) is 21.4. The van der Waals surface area contributed by atoms with E-state index in [4.69, 9.17) is 0 Å². The van der Waals surface area contributed by atoms with Crippen LogP contribution in [-0.2, 0) is 4.79 Å². The second-order valence-corrected chi connectivity index (χ2v) is 11.0. The number of hydrogen-bond acceptors (Lipinski definition) is 7. The van der Waals surface area contributed by atoms with Crippen LogP contribution in [0.15, 0.2) is 41.5 Å². The Morgan fingerprint density at radius 1 is 1.05 bits per heavy atom. The lowest BCUT2D eigenvalue weighted by atomic mass is 9.94. The van der Waals surface area contributed by atoms with Gasteiger partial charge in [-0.3, -0.25) is 29.1 Å². The average molecular weight is 524 g/mol. The maximum absolute atomic E-state index is 15.1. The summed E-state index contributed by atoms with van der Waals surface area (Å²) in [5, 5.41) is 15.2. The van der Waals surface area contributed by atoms with Gasteiger partial charge in [-0.2, -0.15) is 0 Å². The van der Waals surface area contributed by atoms with Crippen molar-refractivity contribution in [1.29, 1.82) is 0 Å². The Morgan fingerprint density at radius 3 is 2.58 bits per heavy atom. The first-order chi connectivity index (χ1) is 18.4. The third-order valence-electron chi connectivity index (χ3n) is 8.46. The topological polar surface area (TPSA) is 105 Å². The van der Waals surface area contributed by atoms with Crippen LogP contribution in [0.2, 0.25) is 0 Å². The van der Waals surface area contributed by atoms with Gasteiger partial charge in [0.2, 0.25) is 5.91 Å². The molecule has 0 spiro atoms. The van der Waals surface area contributed by atoms with Crippen LogP contribution in [0.3, 0.4) is 0 Å². The molecule has 3 saturated heterocycles. The Labute approximate surface area is 221 Å². The van der Waals surface area contributed by atoms with Crippen molar-refractivity contribution in [2.75, 3.05) is 44.6 Å². The minimum atomic E-state index is -1.11. The number of nitrogens with zero attached hydrogens (tertiary/aromatic N) is 3. The molecule has 0 bridgehead atoms. The molecule has 10 heteroatoms. The molecule has 9 nitrogen and oxygen atoms in total. The predicted molar refractivity (Wildman–Crippen MR) is 139 cm³/mol. The van der Waals surface area contributed by atoms with E-state index in [1.807, 2.05) is 12.2 Å². The van der Waals surface area contributed by atoms with Crippen LogP contribution in [0.4, 0.5) is 10.1 Å². The Kier molecular flexibility index (Phi) is 6.79. The van der Waals surface area contributed by atoms with Crippen LogP contribution >= 0.6 is 0 Å². The summed E-state index contributed by atoms with van der Waals surface area (Å²) in [6, 6.07) is 4.61. The minimum absolute atomic E-state index is 0.197. The molecule has 0 aromatic heterocycles. The van der Waals surface area contributed by atoms with Crippen LogP contribution < -0.4 is 10.6 Å². The minimum Gasteiger partial charge on any atom is -0.381 e. The van der Waals surface area contributed by atoms with E-state index in [9.17, 15) is 19.5 Å². The van der Waals surface area contributed by atoms with Gasteiger partial charge in [0.1, 0.15) is 18.4 Å². The Hall–Kier alpha value is -3.08. The number of amides is 3. The predicted octanol–water partition coefficient (Wildman–Crippen LogP) is 1.67. The molecule has 38 heavy (non-hydrogen) atoms. The number of halogens is 1. The van der Waals surface area contributed by atoms with Gasteiger partial charge in [-0.15, -0.1) is 0 Å². The number of aliphatic hydroxyl groups excluding tert-OH is 1. The lowest BCUT2D eigenvalue weighted by Gasteiger charge is -2.44. The number of rotatable bonds is 7. The number of hydrogen-bond donors (Lipinski definition) is 3. The first kappa shape index (κ1) is 25.2. The highest BCUT2D eigenvalue weighted by atomic mass is 19.1. The molecule has 0 radical (unpaired) electrons. The normalized spacial score (nSPS) is 28.6. The Bertz CT molecular complexity index is 1200. The van der Waals surface area contributed by atoms with Gasteiger partial charge in [0.05, 0.1) is 11.1 Å². The maximum Gasteiger partial charge on any atom is 0.264 e. The fraction of sp³-hybridized carbons (Fsp3) is 0.536. The zero-order valence-electron chi connectivity index (χ0n) is 21.4. The van der Waals surface area contributed by atoms with Crippen molar-refractivity contribution >= 4 is 23.4 Å². The number of likely N-dealkylation sites (tertiary alicyclic amines) is 2. The number of fused-ring (bicyclic) bond motifs is 1. The second kappa shape index (κ2) is 10.2. The summed E-state index contributed by atoms with van der Waals surface area (Å²) in [6.45, 7) is 5.52. The highest BCUT2D eigenvalue weighted by molar-refractivity contribution is 6.25. The fourth-order valence-corrected chi connectivity index (χ4v) is 6.30. The van der Waals surface area contributed by atoms with Crippen LogP contribution in [0, 0.1) is 0 Å². The number of anilines is 1. The van der Waals surface area contributed by atoms with Gasteiger partial charge in [0.25, 0.3) is 11.8 Å². The smallest absolute Gasteiger partial charge is 0.264 e. The lowest BCUT2D eigenvalue weighted by Crippen LogP contribution is -2.58. The molecule has 4 heterocycles. The van der Waals surface area contributed by atoms with E-state index in [0.717, 1.165) is 30.1 Å². The standard InChI is InChI=1S/C28H34FN5O4/c29-21-12-17(14-32-15-19(16-32)33-10-1-2-11-33)6-7-18(21)13-30-22-5-3-4-20-25(22)28(38)34(27(20)37)23-8-9-24(35)31-26(23)36/h3-7,19,21,23-24,30,35H,1-2,8-16H2,(H,31,36). The monoisotopic (exact) mass is 523 g/mol. The lowest BCUT2D eigenvalue weighted by molar-refractivity contribution is -0.131. The van der Waals surface area contributed by atoms with Gasteiger partial charge in [0.15, 0.2) is 0 Å². The summed E-state index contributed by atoms with van der Waals surface area (Å²) >= 11 is 0. The van der Waals surface area contributed by atoms with Gasteiger partial charge in [0, 0.05) is 44.3 Å². The summed E-state index contributed by atoms with van der Waals surface area (Å²) in [7, 11) is 0. The molecule has 3 atom stereocenters. The van der Waals surface area contributed by atoms with Crippen molar-refractivity contribution in [3.8, 4) is 0 Å². The molecule has 3 amide bonds. The summed E-state index contributed by atoms with van der Waals surface area (Å²) in [4.78, 5) is 44.6. The number of piperidine rings is 1. The summed E-state index contributed by atoms with van der Waals surface area (Å²) in [5.74, 6) is -1.63. The molecule has 1 aromatic rings. The second-order valence-electron chi connectivity index (χ2n) is 11.0. The first-order valence-corrected chi connectivity index (χ1v) is 13.6. The van der Waals surface area contributed by atoms with Crippen molar-refractivity contribution in [2.45, 2.75) is 56.6 Å². The van der Waals surface area contributed by atoms with Crippen LogP contribution in [-0.4, -0.2) is 101 Å². The molecule has 4 aliphatic heterocycles. The number of carbonyl (C=O) groups excluding carboxylic acids is 3. The Balaban J connectivity index is 1.09. The molecule has 5 aliphatic rings. The van der Waals surface area contributed by atoms with Gasteiger partial charge in [-0.1, -0.05) is 23.8 Å². The first-order valence-electron chi connectivity index (χ1n) is 13.6. The van der Waals surface area contributed by atoms with E-state index in [1.54, 1.807) is 18.2 Å². The van der Waals surface area contributed by atoms with E-state index >= 15 is 4.39 Å². The third kappa shape index (κ3) is 4.65. The van der Waals surface area contributed by atoms with E-state index in [0.29, 0.717) is 23.7 Å². The van der Waals surface area contributed by atoms with Crippen molar-refractivity contribution in [3.05, 3.63) is 52.6 Å².